The van der Waals surface area contributed by atoms with Crippen molar-refractivity contribution in [3.05, 3.63) is 27.7 Å². The lowest BCUT2D eigenvalue weighted by atomic mass is 10.2. The Bertz CT molecular complexity index is 415. The molecule has 1 aromatic rings. The molecule has 0 saturated carbocycles. The van der Waals surface area contributed by atoms with Crippen molar-refractivity contribution >= 4 is 48.0 Å². The molecular weight excluding hydrogens is 366 g/mol. The van der Waals surface area contributed by atoms with E-state index in [1.54, 1.807) is 6.07 Å². The minimum absolute atomic E-state index is 0. The van der Waals surface area contributed by atoms with Crippen LogP contribution in [0.3, 0.4) is 0 Å². The van der Waals surface area contributed by atoms with Crippen molar-refractivity contribution < 1.29 is 4.74 Å². The zero-order valence-electron chi connectivity index (χ0n) is 13.3. The van der Waals surface area contributed by atoms with Crippen LogP contribution in [0.25, 0.3) is 0 Å². The molecule has 1 N–H and O–H groups in total. The summed E-state index contributed by atoms with van der Waals surface area (Å²) in [4.78, 5) is 2.38. The number of nitrogens with one attached hydrogen (secondary N) is 1. The molecule has 0 amide bonds. The van der Waals surface area contributed by atoms with Crippen molar-refractivity contribution in [2.24, 2.45) is 0 Å². The number of nitrogens with zero attached hydrogens (tertiary/aromatic N) is 1. The van der Waals surface area contributed by atoms with Gasteiger partial charge in [-0.15, -0.1) is 24.8 Å². The first kappa shape index (κ1) is 24.4. The minimum atomic E-state index is 0. The summed E-state index contributed by atoms with van der Waals surface area (Å²) in [6.07, 6.45) is 0. The maximum Gasteiger partial charge on any atom is 0.142 e. The van der Waals surface area contributed by atoms with Gasteiger partial charge >= 0.3 is 0 Å². The second-order valence-corrected chi connectivity index (χ2v) is 5.36. The van der Waals surface area contributed by atoms with E-state index in [-0.39, 0.29) is 24.8 Å². The fourth-order valence-electron chi connectivity index (χ4n) is 2.05. The summed E-state index contributed by atoms with van der Waals surface area (Å²) in [7, 11) is 0. The van der Waals surface area contributed by atoms with Gasteiger partial charge in [-0.1, -0.05) is 37.0 Å². The summed E-state index contributed by atoms with van der Waals surface area (Å²) in [6.45, 7) is 11.7. The van der Waals surface area contributed by atoms with Crippen LogP contribution >= 0.6 is 48.0 Å². The van der Waals surface area contributed by atoms with Gasteiger partial charge in [0.1, 0.15) is 5.75 Å². The van der Waals surface area contributed by atoms with Crippen molar-refractivity contribution in [3.8, 4) is 5.75 Å². The largest absolute Gasteiger partial charge is 0.492 e. The lowest BCUT2D eigenvalue weighted by Gasteiger charge is -2.18. The molecule has 0 unspecified atom stereocenters. The molecule has 7 heteroatoms. The second-order valence-electron chi connectivity index (χ2n) is 4.51. The summed E-state index contributed by atoms with van der Waals surface area (Å²) in [5.41, 5.74) is 1.00. The summed E-state index contributed by atoms with van der Waals surface area (Å²) in [5.74, 6) is 0.730. The van der Waals surface area contributed by atoms with Crippen LogP contribution in [0.5, 0.6) is 5.75 Å². The molecule has 22 heavy (non-hydrogen) atoms. The quantitative estimate of drug-likeness (QED) is 0.619. The number of benzene rings is 1. The van der Waals surface area contributed by atoms with Crippen LogP contribution in [0.1, 0.15) is 26.3 Å². The fourth-order valence-corrected chi connectivity index (χ4v) is 2.64. The van der Waals surface area contributed by atoms with E-state index in [9.17, 15) is 0 Å². The molecule has 0 aromatic heterocycles. The first-order valence-electron chi connectivity index (χ1n) is 7.16. The van der Waals surface area contributed by atoms with Gasteiger partial charge in [0.05, 0.1) is 11.6 Å². The first-order valence-corrected chi connectivity index (χ1v) is 7.91. The summed E-state index contributed by atoms with van der Waals surface area (Å²) >= 11 is 12.2. The Labute approximate surface area is 156 Å². The molecule has 0 aliphatic carbocycles. The Balaban J connectivity index is 0. The molecule has 0 bridgehead atoms. The van der Waals surface area contributed by atoms with E-state index in [0.717, 1.165) is 37.5 Å². The van der Waals surface area contributed by atoms with Crippen LogP contribution in [0.4, 0.5) is 0 Å². The molecule has 0 heterocycles. The number of hydrogen-bond acceptors (Lipinski definition) is 3. The van der Waals surface area contributed by atoms with Gasteiger partial charge in [-0.3, -0.25) is 0 Å². The highest BCUT2D eigenvalue weighted by atomic mass is 35.5. The van der Waals surface area contributed by atoms with Gasteiger partial charge in [0.25, 0.3) is 0 Å². The van der Waals surface area contributed by atoms with Gasteiger partial charge in [0, 0.05) is 30.2 Å². The molecule has 1 rings (SSSR count). The van der Waals surface area contributed by atoms with Gasteiger partial charge in [-0.25, -0.2) is 0 Å². The fraction of sp³-hybridized carbons (Fsp3) is 0.600. The first-order chi connectivity index (χ1) is 9.62. The van der Waals surface area contributed by atoms with E-state index in [1.165, 1.54) is 0 Å². The van der Waals surface area contributed by atoms with E-state index in [4.69, 9.17) is 27.9 Å². The number of rotatable bonds is 9. The second kappa shape index (κ2) is 13.5. The third-order valence-electron chi connectivity index (χ3n) is 3.19. The van der Waals surface area contributed by atoms with Crippen molar-refractivity contribution in [1.29, 1.82) is 0 Å². The average molecular weight is 392 g/mol. The van der Waals surface area contributed by atoms with Gasteiger partial charge < -0.3 is 15.0 Å². The highest BCUT2D eigenvalue weighted by Gasteiger charge is 2.10. The van der Waals surface area contributed by atoms with Crippen LogP contribution in [0, 0.1) is 0 Å². The van der Waals surface area contributed by atoms with Gasteiger partial charge in [-0.05, 0) is 32.1 Å². The summed E-state index contributed by atoms with van der Waals surface area (Å²) in [5, 5.41) is 4.62. The van der Waals surface area contributed by atoms with Crippen LogP contribution in [0.15, 0.2) is 12.1 Å². The standard InChI is InChI=1S/C15H24Cl2N2O.2ClH/c1-4-19(5-2)8-7-18-11-12-9-13(16)10-14(17)15(12)20-6-3;;/h9-10,18H,4-8,11H2,1-3H3;2*1H. The Morgan fingerprint density at radius 2 is 1.73 bits per heavy atom. The molecule has 0 saturated heterocycles. The smallest absolute Gasteiger partial charge is 0.142 e. The lowest BCUT2D eigenvalue weighted by molar-refractivity contribution is 0.301. The van der Waals surface area contributed by atoms with Crippen molar-refractivity contribution in [1.82, 2.24) is 10.2 Å². The predicted molar refractivity (Wildman–Crippen MR) is 102 cm³/mol. The van der Waals surface area contributed by atoms with Crippen molar-refractivity contribution in [2.45, 2.75) is 27.3 Å². The monoisotopic (exact) mass is 390 g/mol. The Hall–Kier alpha value is 0.1000. The van der Waals surface area contributed by atoms with E-state index in [2.05, 4.69) is 24.1 Å². The summed E-state index contributed by atoms with van der Waals surface area (Å²) in [6, 6.07) is 3.62. The van der Waals surface area contributed by atoms with E-state index >= 15 is 0 Å². The third-order valence-corrected chi connectivity index (χ3v) is 3.69. The highest BCUT2D eigenvalue weighted by molar-refractivity contribution is 6.35. The zero-order valence-corrected chi connectivity index (χ0v) is 16.5. The van der Waals surface area contributed by atoms with Gasteiger partial charge in [0.2, 0.25) is 0 Å². The van der Waals surface area contributed by atoms with Crippen LogP contribution in [-0.4, -0.2) is 37.7 Å². The van der Waals surface area contributed by atoms with Crippen molar-refractivity contribution in [3.63, 3.8) is 0 Å². The molecular formula is C15H26Cl4N2O. The van der Waals surface area contributed by atoms with Crippen LogP contribution in [0.2, 0.25) is 10.0 Å². The van der Waals surface area contributed by atoms with Crippen molar-refractivity contribution in [2.75, 3.05) is 32.8 Å². The molecule has 0 aliphatic rings. The molecule has 1 aromatic carbocycles. The highest BCUT2D eigenvalue weighted by Crippen LogP contribution is 2.32. The maximum atomic E-state index is 6.18. The molecule has 0 atom stereocenters. The number of hydrogen-bond donors (Lipinski definition) is 1. The third kappa shape index (κ3) is 8.09. The SMILES string of the molecule is CCOc1c(Cl)cc(Cl)cc1CNCCN(CC)CC.Cl.Cl. The topological polar surface area (TPSA) is 24.5 Å². The maximum absolute atomic E-state index is 6.18. The minimum Gasteiger partial charge on any atom is -0.492 e. The number of likely N-dealkylation sites (N-methyl/N-ethyl adjacent to an activating group) is 1. The summed E-state index contributed by atoms with van der Waals surface area (Å²) < 4.78 is 5.60. The number of ether oxygens (including phenoxy) is 1. The Kier molecular flexibility index (Phi) is 15.0. The average Bonchev–Trinajstić information content (AvgIpc) is 2.42. The molecule has 3 nitrogen and oxygen atoms in total. The number of halogens is 4. The van der Waals surface area contributed by atoms with E-state index in [1.807, 2.05) is 13.0 Å². The normalized spacial score (nSPS) is 10.1. The van der Waals surface area contributed by atoms with Gasteiger partial charge in [0.15, 0.2) is 0 Å². The van der Waals surface area contributed by atoms with E-state index < -0.39 is 0 Å². The van der Waals surface area contributed by atoms with Crippen LogP contribution in [-0.2, 0) is 6.54 Å². The zero-order chi connectivity index (χ0) is 15.0. The molecule has 130 valence electrons. The Morgan fingerprint density at radius 1 is 1.09 bits per heavy atom. The Morgan fingerprint density at radius 3 is 2.27 bits per heavy atom. The predicted octanol–water partition coefficient (Wildman–Crippen LogP) is 4.67. The molecule has 0 aliphatic heterocycles. The van der Waals surface area contributed by atoms with Crippen LogP contribution < -0.4 is 10.1 Å². The molecule has 0 radical (unpaired) electrons. The van der Waals surface area contributed by atoms with Gasteiger partial charge in [-0.2, -0.15) is 0 Å². The molecule has 0 spiro atoms. The van der Waals surface area contributed by atoms with E-state index in [0.29, 0.717) is 23.2 Å². The molecule has 0 fully saturated rings. The lowest BCUT2D eigenvalue weighted by Crippen LogP contribution is -2.31.